The number of hydrogen-bond donors (Lipinski definition) is 0. The fraction of sp³-hybridized carbons (Fsp3) is 0.450. The molecule has 0 unspecified atom stereocenters. The van der Waals surface area contributed by atoms with E-state index in [2.05, 4.69) is 20.9 Å². The molecule has 0 atom stereocenters. The van der Waals surface area contributed by atoms with Crippen LogP contribution in [0.25, 0.3) is 11.2 Å². The van der Waals surface area contributed by atoms with Crippen LogP contribution in [0.5, 0.6) is 0 Å². The summed E-state index contributed by atoms with van der Waals surface area (Å²) in [5.41, 5.74) is 1.42. The number of rotatable bonds is 4. The third kappa shape index (κ3) is 3.47. The Morgan fingerprint density at radius 1 is 1.07 bits per heavy atom. The van der Waals surface area contributed by atoms with E-state index in [4.69, 9.17) is 11.6 Å². The highest BCUT2D eigenvalue weighted by molar-refractivity contribution is 6.30. The van der Waals surface area contributed by atoms with Crippen molar-refractivity contribution in [2.75, 3.05) is 31.1 Å². The highest BCUT2D eigenvalue weighted by atomic mass is 35.5. The van der Waals surface area contributed by atoms with Gasteiger partial charge in [0.2, 0.25) is 0 Å². The van der Waals surface area contributed by atoms with Crippen LogP contribution in [0, 0.1) is 0 Å². The minimum Gasteiger partial charge on any atom is -0.369 e. The fourth-order valence-corrected chi connectivity index (χ4v) is 4.17. The fourth-order valence-electron chi connectivity index (χ4n) is 3.99. The van der Waals surface area contributed by atoms with E-state index in [0.29, 0.717) is 24.3 Å². The van der Waals surface area contributed by atoms with Gasteiger partial charge in [-0.3, -0.25) is 18.8 Å². The molecule has 0 aliphatic carbocycles. The van der Waals surface area contributed by atoms with Gasteiger partial charge in [-0.15, -0.1) is 0 Å². The molecular formula is C20H25ClN6O2. The maximum Gasteiger partial charge on any atom is 0.332 e. The molecule has 1 aliphatic rings. The second-order valence-corrected chi connectivity index (χ2v) is 7.83. The van der Waals surface area contributed by atoms with Crippen LogP contribution in [0.3, 0.4) is 0 Å². The smallest absolute Gasteiger partial charge is 0.332 e. The standard InChI is InChI=1S/C20H25ClN6O2/c1-4-27-16(22-18-17(27)19(28)24(3)20(29)23(18)2)13-25-8-10-26(11-9-25)15-7-5-6-14(21)12-15/h5-7,12H,4,8-11,13H2,1-3H3. The summed E-state index contributed by atoms with van der Waals surface area (Å²) in [5.74, 6) is 0.817. The van der Waals surface area contributed by atoms with E-state index in [0.717, 1.165) is 47.3 Å². The highest BCUT2D eigenvalue weighted by Gasteiger charge is 2.22. The van der Waals surface area contributed by atoms with Crippen LogP contribution in [0.1, 0.15) is 12.7 Å². The lowest BCUT2D eigenvalue weighted by molar-refractivity contribution is 0.241. The number of aromatic nitrogens is 4. The van der Waals surface area contributed by atoms with Gasteiger partial charge in [0, 0.05) is 57.5 Å². The number of aryl methyl sites for hydroxylation is 2. The first-order chi connectivity index (χ1) is 13.9. The Balaban J connectivity index is 1.58. The van der Waals surface area contributed by atoms with Crippen LogP contribution in [-0.2, 0) is 27.2 Å². The van der Waals surface area contributed by atoms with Crippen molar-refractivity contribution in [3.63, 3.8) is 0 Å². The molecule has 1 aromatic carbocycles. The number of fused-ring (bicyclic) bond motifs is 1. The highest BCUT2D eigenvalue weighted by Crippen LogP contribution is 2.21. The predicted octanol–water partition coefficient (Wildman–Crippen LogP) is 1.43. The van der Waals surface area contributed by atoms with E-state index in [1.165, 1.54) is 11.6 Å². The van der Waals surface area contributed by atoms with Crippen molar-refractivity contribution in [3.8, 4) is 0 Å². The van der Waals surface area contributed by atoms with Gasteiger partial charge in [-0.25, -0.2) is 9.78 Å². The van der Waals surface area contributed by atoms with Gasteiger partial charge in [-0.05, 0) is 25.1 Å². The molecule has 0 saturated carbocycles. The maximum atomic E-state index is 12.7. The monoisotopic (exact) mass is 416 g/mol. The molecule has 0 bridgehead atoms. The van der Waals surface area contributed by atoms with Gasteiger partial charge in [-0.2, -0.15) is 0 Å². The molecule has 2 aromatic heterocycles. The zero-order chi connectivity index (χ0) is 20.7. The largest absolute Gasteiger partial charge is 0.369 e. The number of nitrogens with zero attached hydrogens (tertiary/aromatic N) is 6. The molecule has 1 fully saturated rings. The minimum atomic E-state index is -0.357. The number of imidazole rings is 1. The van der Waals surface area contributed by atoms with Crippen molar-refractivity contribution in [3.05, 3.63) is 56.0 Å². The molecule has 4 rings (SSSR count). The second-order valence-electron chi connectivity index (χ2n) is 7.39. The normalized spacial score (nSPS) is 15.4. The average molecular weight is 417 g/mol. The zero-order valence-electron chi connectivity index (χ0n) is 16.9. The summed E-state index contributed by atoms with van der Waals surface area (Å²) < 4.78 is 4.52. The summed E-state index contributed by atoms with van der Waals surface area (Å²) in [6.45, 7) is 6.82. The Kier molecular flexibility index (Phi) is 5.23. The molecule has 154 valence electrons. The average Bonchev–Trinajstić information content (AvgIpc) is 3.09. The Morgan fingerprint density at radius 3 is 2.45 bits per heavy atom. The topological polar surface area (TPSA) is 68.3 Å². The van der Waals surface area contributed by atoms with Gasteiger partial charge in [-0.1, -0.05) is 17.7 Å². The molecular weight excluding hydrogens is 392 g/mol. The molecule has 0 amide bonds. The number of hydrogen-bond acceptors (Lipinski definition) is 5. The molecule has 9 heteroatoms. The van der Waals surface area contributed by atoms with E-state index in [-0.39, 0.29) is 11.2 Å². The first-order valence-corrected chi connectivity index (χ1v) is 10.2. The van der Waals surface area contributed by atoms with E-state index in [9.17, 15) is 9.59 Å². The van der Waals surface area contributed by atoms with Crippen molar-refractivity contribution in [1.82, 2.24) is 23.6 Å². The second kappa shape index (κ2) is 7.68. The summed E-state index contributed by atoms with van der Waals surface area (Å²) in [6.07, 6.45) is 0. The summed E-state index contributed by atoms with van der Waals surface area (Å²) in [5, 5.41) is 0.744. The summed E-state index contributed by atoms with van der Waals surface area (Å²) in [6, 6.07) is 7.92. The number of benzene rings is 1. The van der Waals surface area contributed by atoms with Gasteiger partial charge < -0.3 is 9.47 Å². The quantitative estimate of drug-likeness (QED) is 0.643. The van der Waals surface area contributed by atoms with Crippen molar-refractivity contribution < 1.29 is 0 Å². The SMILES string of the molecule is CCn1c(CN2CCN(c3cccc(Cl)c3)CC2)nc2c1c(=O)n(C)c(=O)n2C. The molecule has 0 spiro atoms. The number of halogens is 1. The van der Waals surface area contributed by atoms with E-state index >= 15 is 0 Å². The van der Waals surface area contributed by atoms with Crippen molar-refractivity contribution in [1.29, 1.82) is 0 Å². The predicted molar refractivity (Wildman–Crippen MR) is 115 cm³/mol. The molecule has 3 aromatic rings. The zero-order valence-corrected chi connectivity index (χ0v) is 17.7. The van der Waals surface area contributed by atoms with Gasteiger partial charge in [0.1, 0.15) is 5.82 Å². The summed E-state index contributed by atoms with van der Waals surface area (Å²) >= 11 is 6.12. The summed E-state index contributed by atoms with van der Waals surface area (Å²) in [7, 11) is 3.16. The Labute approximate surface area is 173 Å². The third-order valence-corrected chi connectivity index (χ3v) is 5.89. The molecule has 1 saturated heterocycles. The van der Waals surface area contributed by atoms with Crippen molar-refractivity contribution in [2.24, 2.45) is 14.1 Å². The maximum absolute atomic E-state index is 12.7. The lowest BCUT2D eigenvalue weighted by Crippen LogP contribution is -2.46. The first-order valence-electron chi connectivity index (χ1n) is 9.78. The molecule has 0 radical (unpaired) electrons. The van der Waals surface area contributed by atoms with E-state index < -0.39 is 0 Å². The molecule has 29 heavy (non-hydrogen) atoms. The van der Waals surface area contributed by atoms with Crippen molar-refractivity contribution >= 4 is 28.5 Å². The Hall–Kier alpha value is -2.58. The molecule has 1 aliphatic heterocycles. The van der Waals surface area contributed by atoms with Gasteiger partial charge in [0.15, 0.2) is 11.2 Å². The Bertz CT molecular complexity index is 1170. The van der Waals surface area contributed by atoms with Gasteiger partial charge in [0.25, 0.3) is 5.56 Å². The van der Waals surface area contributed by atoms with E-state index in [1.54, 1.807) is 7.05 Å². The van der Waals surface area contributed by atoms with Crippen LogP contribution in [0.15, 0.2) is 33.9 Å². The lowest BCUT2D eigenvalue weighted by Gasteiger charge is -2.36. The summed E-state index contributed by atoms with van der Waals surface area (Å²) in [4.78, 5) is 34.2. The lowest BCUT2D eigenvalue weighted by atomic mass is 10.2. The van der Waals surface area contributed by atoms with Crippen LogP contribution in [0.4, 0.5) is 5.69 Å². The molecule has 8 nitrogen and oxygen atoms in total. The van der Waals surface area contributed by atoms with Gasteiger partial charge >= 0.3 is 5.69 Å². The van der Waals surface area contributed by atoms with Crippen LogP contribution in [-0.4, -0.2) is 49.8 Å². The van der Waals surface area contributed by atoms with Crippen LogP contribution in [0.2, 0.25) is 5.02 Å². The molecule has 3 heterocycles. The number of piperazine rings is 1. The van der Waals surface area contributed by atoms with Gasteiger partial charge in [0.05, 0.1) is 6.54 Å². The first kappa shape index (κ1) is 19.7. The minimum absolute atomic E-state index is 0.297. The third-order valence-electron chi connectivity index (χ3n) is 5.65. The Morgan fingerprint density at radius 2 is 1.79 bits per heavy atom. The van der Waals surface area contributed by atoms with Crippen LogP contribution < -0.4 is 16.1 Å². The number of anilines is 1. The van der Waals surface area contributed by atoms with Crippen molar-refractivity contribution in [2.45, 2.75) is 20.0 Å². The van der Waals surface area contributed by atoms with E-state index in [1.807, 2.05) is 29.7 Å². The molecule has 0 N–H and O–H groups in total. The van der Waals surface area contributed by atoms with Crippen LogP contribution >= 0.6 is 11.6 Å².